The van der Waals surface area contributed by atoms with Crippen LogP contribution < -0.4 is 0 Å². The minimum atomic E-state index is 0. The van der Waals surface area contributed by atoms with E-state index in [1.54, 1.807) is 0 Å². The molecule has 0 saturated heterocycles. The van der Waals surface area contributed by atoms with Crippen LogP contribution in [-0.2, 0) is 67.4 Å². The normalized spacial score (nSPS) is 0. The number of hydrogen-bond acceptors (Lipinski definition) is 0. The summed E-state index contributed by atoms with van der Waals surface area (Å²) < 4.78 is 0. The van der Waals surface area contributed by atoms with Crippen LogP contribution in [0.3, 0.4) is 0 Å². The SMILES string of the molecule is [Co+2].[Co+2].[Co+2].[Fe+3].[P-3].[P-3].[P-3]. The molecular weight excluding hydrogens is 326 g/mol. The zero-order chi connectivity index (χ0) is 0. The zero-order valence-corrected chi connectivity index (χ0v) is 9.61. The summed E-state index contributed by atoms with van der Waals surface area (Å²) in [6.45, 7) is 0. The van der Waals surface area contributed by atoms with E-state index in [1.165, 1.54) is 0 Å². The molecule has 0 saturated carbocycles. The van der Waals surface area contributed by atoms with Gasteiger partial charge in [-0.3, -0.25) is 0 Å². The Morgan fingerprint density at radius 2 is 0.429 bits per heavy atom. The van der Waals surface area contributed by atoms with Gasteiger partial charge in [0.1, 0.15) is 0 Å². The third-order valence-corrected chi connectivity index (χ3v) is 0. The van der Waals surface area contributed by atoms with Gasteiger partial charge in [-0.15, -0.1) is 0 Å². The van der Waals surface area contributed by atoms with Crippen LogP contribution in [0.1, 0.15) is 0 Å². The van der Waals surface area contributed by atoms with E-state index in [2.05, 4.69) is 0 Å². The Kier molecular flexibility index (Phi) is 677. The average Bonchev–Trinajstić information content (AvgIpc) is 0. The summed E-state index contributed by atoms with van der Waals surface area (Å²) in [4.78, 5) is 0. The Labute approximate surface area is 96.2 Å². The largest absolute Gasteiger partial charge is 3.00 e. The van der Waals surface area contributed by atoms with Crippen LogP contribution in [0.25, 0.3) is 0 Å². The maximum absolute atomic E-state index is 0. The van der Waals surface area contributed by atoms with Gasteiger partial charge in [-0.1, -0.05) is 0 Å². The topological polar surface area (TPSA) is 0 Å². The summed E-state index contributed by atoms with van der Waals surface area (Å²) in [6, 6.07) is 0. The molecule has 0 spiro atoms. The standard InChI is InChI=1S/3Co.Fe.3P/q3*+2;+3;3*-3. The van der Waals surface area contributed by atoms with Crippen LogP contribution in [-0.4, -0.2) is 0 Å². The Bertz CT molecular complexity index is 10.1. The van der Waals surface area contributed by atoms with Crippen molar-refractivity contribution in [3.8, 4) is 0 Å². The minimum absolute atomic E-state index is 0. The molecule has 0 aromatic rings. The van der Waals surface area contributed by atoms with E-state index in [1.807, 2.05) is 0 Å². The molecule has 0 atom stereocenters. The Hall–Kier alpha value is 3.33. The van der Waals surface area contributed by atoms with Crippen LogP contribution in [0.2, 0.25) is 0 Å². The first-order valence-corrected chi connectivity index (χ1v) is 0. The van der Waals surface area contributed by atoms with Crippen LogP contribution in [0.5, 0.6) is 0 Å². The molecule has 0 bridgehead atoms. The molecule has 0 nitrogen and oxygen atoms in total. The third-order valence-electron chi connectivity index (χ3n) is 0. The van der Waals surface area contributed by atoms with E-state index in [9.17, 15) is 0 Å². The molecule has 0 heterocycles. The van der Waals surface area contributed by atoms with Crippen LogP contribution >= 0.6 is 29.7 Å². The summed E-state index contributed by atoms with van der Waals surface area (Å²) in [5.41, 5.74) is 0. The van der Waals surface area contributed by atoms with E-state index in [-0.39, 0.29) is 97.1 Å². The van der Waals surface area contributed by atoms with Crippen molar-refractivity contribution in [2.45, 2.75) is 0 Å². The van der Waals surface area contributed by atoms with Gasteiger partial charge in [-0.05, 0) is 0 Å². The van der Waals surface area contributed by atoms with Gasteiger partial charge in [0.25, 0.3) is 0 Å². The average molecular weight is 326 g/mol. The van der Waals surface area contributed by atoms with E-state index in [0.717, 1.165) is 0 Å². The molecular formula is Co3FeP3. The Morgan fingerprint density at radius 3 is 0.429 bits per heavy atom. The van der Waals surface area contributed by atoms with Crippen molar-refractivity contribution >= 4 is 29.7 Å². The molecule has 0 fully saturated rings. The molecule has 0 N–H and O–H groups in total. The van der Waals surface area contributed by atoms with Gasteiger partial charge in [-0.2, -0.15) is 0 Å². The monoisotopic (exact) mass is 326 g/mol. The van der Waals surface area contributed by atoms with Gasteiger partial charge in [0.2, 0.25) is 0 Å². The van der Waals surface area contributed by atoms with Gasteiger partial charge >= 0.3 is 67.4 Å². The summed E-state index contributed by atoms with van der Waals surface area (Å²) in [5, 5.41) is 0. The fraction of sp³-hybridized carbons (Fsp3) is 0. The van der Waals surface area contributed by atoms with E-state index in [4.69, 9.17) is 0 Å². The fourth-order valence-corrected chi connectivity index (χ4v) is 0. The van der Waals surface area contributed by atoms with E-state index in [0.29, 0.717) is 0 Å². The van der Waals surface area contributed by atoms with Gasteiger partial charge in [-0.25, -0.2) is 0 Å². The molecule has 0 unspecified atom stereocenters. The smallest absolute Gasteiger partial charge is 3.00 e. The van der Waals surface area contributed by atoms with Crippen molar-refractivity contribution in [2.24, 2.45) is 0 Å². The van der Waals surface area contributed by atoms with Crippen molar-refractivity contribution in [3.05, 3.63) is 0 Å². The second-order valence-corrected chi connectivity index (χ2v) is 0. The van der Waals surface area contributed by atoms with Crippen molar-refractivity contribution in [1.29, 1.82) is 0 Å². The van der Waals surface area contributed by atoms with Crippen molar-refractivity contribution in [1.82, 2.24) is 0 Å². The maximum atomic E-state index is 0. The van der Waals surface area contributed by atoms with Crippen LogP contribution in [0.4, 0.5) is 0 Å². The summed E-state index contributed by atoms with van der Waals surface area (Å²) >= 11 is 0. The Balaban J connectivity index is 0. The summed E-state index contributed by atoms with van der Waals surface area (Å²) in [7, 11) is 0. The fourth-order valence-electron chi connectivity index (χ4n) is 0. The third kappa shape index (κ3) is 45.2. The van der Waals surface area contributed by atoms with Crippen LogP contribution in [0.15, 0.2) is 0 Å². The number of rotatable bonds is 0. The van der Waals surface area contributed by atoms with Crippen molar-refractivity contribution in [2.75, 3.05) is 0 Å². The Morgan fingerprint density at radius 1 is 0.429 bits per heavy atom. The van der Waals surface area contributed by atoms with Gasteiger partial charge in [0, 0.05) is 0 Å². The van der Waals surface area contributed by atoms with E-state index < -0.39 is 0 Å². The maximum Gasteiger partial charge on any atom is 3.00 e. The molecule has 0 aromatic heterocycles. The van der Waals surface area contributed by atoms with Crippen LogP contribution in [0, 0.1) is 0 Å². The molecule has 0 rings (SSSR count). The first kappa shape index (κ1) is 81.1. The van der Waals surface area contributed by atoms with Gasteiger partial charge in [0.05, 0.1) is 0 Å². The predicted molar refractivity (Wildman–Crippen MR) is 20.8 cm³/mol. The first-order chi connectivity index (χ1) is 0. The molecule has 7 heavy (non-hydrogen) atoms. The summed E-state index contributed by atoms with van der Waals surface area (Å²) in [6.07, 6.45) is 0. The predicted octanol–water partition coefficient (Wildman–Crippen LogP) is 2.57. The second-order valence-electron chi connectivity index (χ2n) is 0. The molecule has 50 valence electrons. The van der Waals surface area contributed by atoms with E-state index >= 15 is 0 Å². The minimum Gasteiger partial charge on any atom is -3.00 e. The van der Waals surface area contributed by atoms with Gasteiger partial charge < -0.3 is 29.7 Å². The van der Waals surface area contributed by atoms with Crippen molar-refractivity contribution in [3.63, 3.8) is 0 Å². The number of hydrogen-bond donors (Lipinski definition) is 0. The molecule has 4 radical (unpaired) electrons. The first-order valence-electron chi connectivity index (χ1n) is 0. The quantitative estimate of drug-likeness (QED) is 0.474. The molecule has 0 aliphatic carbocycles. The molecule has 7 heteroatoms. The summed E-state index contributed by atoms with van der Waals surface area (Å²) in [5.74, 6) is 0. The molecule has 0 aliphatic heterocycles. The molecule has 0 amide bonds. The molecule has 0 aromatic carbocycles. The zero-order valence-electron chi connectivity index (χ0n) is 2.70. The van der Waals surface area contributed by atoms with Gasteiger partial charge in [0.15, 0.2) is 0 Å². The molecule has 0 aliphatic rings. The second kappa shape index (κ2) is 58.4. The van der Waals surface area contributed by atoms with Crippen molar-refractivity contribution < 1.29 is 67.4 Å².